The number of nitrogens with zero attached hydrogens (tertiary/aromatic N) is 1. The third-order valence-corrected chi connectivity index (χ3v) is 3.49. The lowest BCUT2D eigenvalue weighted by molar-refractivity contribution is -0.144. The Morgan fingerprint density at radius 1 is 1.53 bits per heavy atom. The van der Waals surface area contributed by atoms with Crippen molar-refractivity contribution < 1.29 is 9.90 Å². The van der Waals surface area contributed by atoms with Crippen LogP contribution in [0.4, 0.5) is 0 Å². The summed E-state index contributed by atoms with van der Waals surface area (Å²) >= 11 is 0. The van der Waals surface area contributed by atoms with Crippen molar-refractivity contribution in [1.29, 1.82) is 0 Å². The average molecular weight is 214 g/mol. The lowest BCUT2D eigenvalue weighted by Crippen LogP contribution is -2.51. The Kier molecular flexibility index (Phi) is 4.11. The van der Waals surface area contributed by atoms with Crippen LogP contribution in [0.15, 0.2) is 0 Å². The van der Waals surface area contributed by atoms with E-state index in [-0.39, 0.29) is 0 Å². The quantitative estimate of drug-likeness (QED) is 0.714. The van der Waals surface area contributed by atoms with Crippen LogP contribution >= 0.6 is 0 Å². The molecule has 0 radical (unpaired) electrons. The Labute approximate surface area is 91.6 Å². The third kappa shape index (κ3) is 2.92. The summed E-state index contributed by atoms with van der Waals surface area (Å²) in [4.78, 5) is 13.5. The van der Waals surface area contributed by atoms with Gasteiger partial charge in [0.15, 0.2) is 0 Å². The van der Waals surface area contributed by atoms with Gasteiger partial charge in [-0.25, -0.2) is 0 Å². The Hall–Kier alpha value is -0.610. The highest BCUT2D eigenvalue weighted by Gasteiger charge is 2.34. The first-order valence-corrected chi connectivity index (χ1v) is 5.66. The van der Waals surface area contributed by atoms with Crippen LogP contribution in [-0.2, 0) is 4.79 Å². The Morgan fingerprint density at radius 2 is 2.07 bits per heavy atom. The fourth-order valence-corrected chi connectivity index (χ4v) is 2.20. The molecule has 1 rings (SSSR count). The van der Waals surface area contributed by atoms with Crippen molar-refractivity contribution in [2.24, 2.45) is 0 Å². The number of aliphatic carboxylic acids is 1. The summed E-state index contributed by atoms with van der Waals surface area (Å²) < 4.78 is 0. The van der Waals surface area contributed by atoms with Crippen LogP contribution in [-0.4, -0.2) is 47.7 Å². The second-order valence-corrected chi connectivity index (χ2v) is 4.68. The normalized spacial score (nSPS) is 23.7. The molecule has 0 aromatic rings. The number of likely N-dealkylation sites (tertiary alicyclic amines) is 1. The number of carboxylic acids is 1. The fraction of sp³-hybridized carbons (Fsp3) is 0.909. The number of rotatable bonds is 5. The first-order valence-electron chi connectivity index (χ1n) is 5.66. The largest absolute Gasteiger partial charge is 0.480 e. The van der Waals surface area contributed by atoms with Gasteiger partial charge in [0.25, 0.3) is 0 Å². The molecule has 4 nitrogen and oxygen atoms in total. The molecule has 0 saturated carbocycles. The van der Waals surface area contributed by atoms with E-state index in [9.17, 15) is 4.79 Å². The minimum Gasteiger partial charge on any atom is -0.480 e. The molecule has 0 spiro atoms. The van der Waals surface area contributed by atoms with E-state index in [0.717, 1.165) is 13.1 Å². The summed E-state index contributed by atoms with van der Waals surface area (Å²) in [5.74, 6) is -0.768. The van der Waals surface area contributed by atoms with Gasteiger partial charge in [-0.2, -0.15) is 0 Å². The molecule has 0 amide bonds. The predicted molar refractivity (Wildman–Crippen MR) is 60.0 cm³/mol. The van der Waals surface area contributed by atoms with Crippen molar-refractivity contribution in [2.75, 3.05) is 20.1 Å². The summed E-state index contributed by atoms with van der Waals surface area (Å²) in [6.45, 7) is 6.09. The summed E-state index contributed by atoms with van der Waals surface area (Å²) in [5.41, 5.74) is -0.804. The SMILES string of the molecule is CNC(C)(CC(C)N1CCCC1)C(=O)O. The minimum atomic E-state index is -0.804. The molecule has 2 N–H and O–H groups in total. The van der Waals surface area contributed by atoms with E-state index in [1.807, 2.05) is 0 Å². The number of hydrogen-bond donors (Lipinski definition) is 2. The zero-order valence-electron chi connectivity index (χ0n) is 9.92. The second kappa shape index (κ2) is 4.94. The van der Waals surface area contributed by atoms with Crippen LogP contribution in [0.25, 0.3) is 0 Å². The molecule has 88 valence electrons. The molecule has 1 saturated heterocycles. The van der Waals surface area contributed by atoms with Crippen LogP contribution in [0.1, 0.15) is 33.1 Å². The van der Waals surface area contributed by atoms with Crippen molar-refractivity contribution in [3.63, 3.8) is 0 Å². The van der Waals surface area contributed by atoms with Gasteiger partial charge in [0.2, 0.25) is 0 Å². The van der Waals surface area contributed by atoms with Crippen LogP contribution in [0, 0.1) is 0 Å². The lowest BCUT2D eigenvalue weighted by atomic mass is 9.93. The average Bonchev–Trinajstić information content (AvgIpc) is 2.70. The van der Waals surface area contributed by atoms with E-state index >= 15 is 0 Å². The third-order valence-electron chi connectivity index (χ3n) is 3.49. The molecule has 2 atom stereocenters. The summed E-state index contributed by atoms with van der Waals surface area (Å²) in [7, 11) is 1.71. The molecule has 1 aliphatic heterocycles. The maximum atomic E-state index is 11.1. The van der Waals surface area contributed by atoms with E-state index in [0.29, 0.717) is 12.5 Å². The summed E-state index contributed by atoms with van der Waals surface area (Å²) in [6, 6.07) is 0.334. The zero-order chi connectivity index (χ0) is 11.5. The molecule has 4 heteroatoms. The lowest BCUT2D eigenvalue weighted by Gasteiger charge is -2.32. The molecule has 15 heavy (non-hydrogen) atoms. The monoisotopic (exact) mass is 214 g/mol. The van der Waals surface area contributed by atoms with Gasteiger partial charge in [-0.1, -0.05) is 0 Å². The van der Waals surface area contributed by atoms with Crippen LogP contribution < -0.4 is 5.32 Å². The van der Waals surface area contributed by atoms with Crippen molar-refractivity contribution in [2.45, 2.75) is 44.7 Å². The maximum absolute atomic E-state index is 11.1. The smallest absolute Gasteiger partial charge is 0.323 e. The van der Waals surface area contributed by atoms with Gasteiger partial charge in [0.1, 0.15) is 5.54 Å². The number of nitrogens with one attached hydrogen (secondary N) is 1. The predicted octanol–water partition coefficient (Wildman–Crippen LogP) is 0.923. The van der Waals surface area contributed by atoms with Crippen LogP contribution in [0.2, 0.25) is 0 Å². The topological polar surface area (TPSA) is 52.6 Å². The Balaban J connectivity index is 2.54. The molecule has 1 heterocycles. The van der Waals surface area contributed by atoms with Crippen molar-refractivity contribution >= 4 is 5.97 Å². The van der Waals surface area contributed by atoms with Gasteiger partial charge in [0, 0.05) is 6.04 Å². The Morgan fingerprint density at radius 3 is 2.47 bits per heavy atom. The second-order valence-electron chi connectivity index (χ2n) is 4.68. The first kappa shape index (κ1) is 12.5. The van der Waals surface area contributed by atoms with Gasteiger partial charge < -0.3 is 15.3 Å². The number of carboxylic acid groups (broad SMARTS) is 1. The molecule has 1 fully saturated rings. The first-order chi connectivity index (χ1) is 6.99. The van der Waals surface area contributed by atoms with Crippen molar-refractivity contribution in [1.82, 2.24) is 10.2 Å². The molecule has 0 aromatic heterocycles. The zero-order valence-corrected chi connectivity index (χ0v) is 9.92. The molecular formula is C11H22N2O2. The van der Waals surface area contributed by atoms with Gasteiger partial charge in [0.05, 0.1) is 0 Å². The van der Waals surface area contributed by atoms with Crippen molar-refractivity contribution in [3.8, 4) is 0 Å². The van der Waals surface area contributed by atoms with E-state index in [1.165, 1.54) is 12.8 Å². The molecule has 0 aromatic carbocycles. The van der Waals surface area contributed by atoms with Crippen LogP contribution in [0.5, 0.6) is 0 Å². The van der Waals surface area contributed by atoms with E-state index < -0.39 is 11.5 Å². The van der Waals surface area contributed by atoms with E-state index in [1.54, 1.807) is 14.0 Å². The molecule has 1 aliphatic rings. The molecule has 2 unspecified atom stereocenters. The number of carbonyl (C=O) groups is 1. The van der Waals surface area contributed by atoms with Gasteiger partial charge in [-0.3, -0.25) is 4.79 Å². The van der Waals surface area contributed by atoms with Gasteiger partial charge in [-0.05, 0) is 53.2 Å². The van der Waals surface area contributed by atoms with E-state index in [4.69, 9.17) is 5.11 Å². The maximum Gasteiger partial charge on any atom is 0.323 e. The van der Waals surface area contributed by atoms with Gasteiger partial charge >= 0.3 is 5.97 Å². The molecule has 0 aliphatic carbocycles. The highest BCUT2D eigenvalue weighted by atomic mass is 16.4. The molecular weight excluding hydrogens is 192 g/mol. The van der Waals surface area contributed by atoms with Gasteiger partial charge in [-0.15, -0.1) is 0 Å². The Bertz CT molecular complexity index is 227. The fourth-order valence-electron chi connectivity index (χ4n) is 2.20. The van der Waals surface area contributed by atoms with Crippen molar-refractivity contribution in [3.05, 3.63) is 0 Å². The minimum absolute atomic E-state index is 0.334. The summed E-state index contributed by atoms with van der Waals surface area (Å²) in [6.07, 6.45) is 3.14. The number of likely N-dealkylation sites (N-methyl/N-ethyl adjacent to an activating group) is 1. The van der Waals surface area contributed by atoms with E-state index in [2.05, 4.69) is 17.1 Å². The standard InChI is InChI=1S/C11H22N2O2/c1-9(13-6-4-5-7-13)8-11(2,12-3)10(14)15/h9,12H,4-8H2,1-3H3,(H,14,15). The molecule has 0 bridgehead atoms. The van der Waals surface area contributed by atoms with Crippen LogP contribution in [0.3, 0.4) is 0 Å². The highest BCUT2D eigenvalue weighted by Crippen LogP contribution is 2.20. The number of hydrogen-bond acceptors (Lipinski definition) is 3. The highest BCUT2D eigenvalue weighted by molar-refractivity contribution is 5.78. The summed E-state index contributed by atoms with van der Waals surface area (Å²) in [5, 5.41) is 12.0.